The summed E-state index contributed by atoms with van der Waals surface area (Å²) < 4.78 is 1.87. The molecule has 2 aromatic rings. The van der Waals surface area contributed by atoms with Crippen molar-refractivity contribution < 1.29 is 10.1 Å². The molecule has 8 nitrogen and oxygen atoms in total. The molecule has 1 aromatic heterocycles. The molecule has 0 amide bonds. The van der Waals surface area contributed by atoms with Gasteiger partial charge in [-0.1, -0.05) is 11.2 Å². The molecule has 2 rings (SSSR count). The third kappa shape index (κ3) is 2.40. The molecule has 0 fully saturated rings. The van der Waals surface area contributed by atoms with E-state index < -0.39 is 4.92 Å². The van der Waals surface area contributed by atoms with Crippen LogP contribution in [0.1, 0.15) is 5.56 Å². The molecule has 0 saturated carbocycles. The molecule has 0 aliphatic rings. The van der Waals surface area contributed by atoms with Crippen molar-refractivity contribution in [2.75, 3.05) is 0 Å². The van der Waals surface area contributed by atoms with Gasteiger partial charge < -0.3 is 10.9 Å². The lowest BCUT2D eigenvalue weighted by molar-refractivity contribution is -0.384. The van der Waals surface area contributed by atoms with Crippen LogP contribution in [0.4, 0.5) is 5.69 Å². The molecule has 0 radical (unpaired) electrons. The first-order valence-corrected chi connectivity index (χ1v) is 5.79. The number of aromatic nitrogens is 2. The Bertz CT molecular complexity index is 667. The first-order chi connectivity index (χ1) is 9.04. The molecular weight excluding hydrogens is 318 g/mol. The standard InChI is InChI=1S/C10H8BrN5O3/c11-7-2-1-3-8(9(7)10(12)14-17)15-5-6(4-13-15)16(18)19/h1-5,17H,(H2,12,14). The van der Waals surface area contributed by atoms with Gasteiger partial charge in [-0.2, -0.15) is 5.10 Å². The molecule has 1 aromatic carbocycles. The Hall–Kier alpha value is -2.42. The molecule has 0 spiro atoms. The zero-order valence-corrected chi connectivity index (χ0v) is 11.0. The fourth-order valence-electron chi connectivity index (χ4n) is 1.55. The number of halogens is 1. The van der Waals surface area contributed by atoms with Crippen molar-refractivity contribution in [3.8, 4) is 5.69 Å². The van der Waals surface area contributed by atoms with Gasteiger partial charge in [0.25, 0.3) is 0 Å². The topological polar surface area (TPSA) is 120 Å². The van der Waals surface area contributed by atoms with Crippen molar-refractivity contribution in [3.63, 3.8) is 0 Å². The highest BCUT2D eigenvalue weighted by Crippen LogP contribution is 2.24. The molecule has 0 aliphatic carbocycles. The maximum Gasteiger partial charge on any atom is 0.307 e. The Morgan fingerprint density at radius 1 is 1.58 bits per heavy atom. The Morgan fingerprint density at radius 2 is 2.32 bits per heavy atom. The predicted molar refractivity (Wildman–Crippen MR) is 70.4 cm³/mol. The van der Waals surface area contributed by atoms with Gasteiger partial charge in [0.05, 0.1) is 16.2 Å². The van der Waals surface area contributed by atoms with Crippen molar-refractivity contribution in [3.05, 3.63) is 50.7 Å². The third-order valence-electron chi connectivity index (χ3n) is 2.38. The molecule has 0 bridgehead atoms. The summed E-state index contributed by atoms with van der Waals surface area (Å²) in [7, 11) is 0. The van der Waals surface area contributed by atoms with Gasteiger partial charge in [-0.25, -0.2) is 4.68 Å². The summed E-state index contributed by atoms with van der Waals surface area (Å²) in [6, 6.07) is 5.06. The zero-order valence-electron chi connectivity index (χ0n) is 9.39. The molecule has 3 N–H and O–H groups in total. The van der Waals surface area contributed by atoms with E-state index in [4.69, 9.17) is 10.9 Å². The SMILES string of the molecule is N/C(=N/O)c1c(Br)cccc1-n1cc([N+](=O)[O-])cn1. The minimum absolute atomic E-state index is 0.124. The Kier molecular flexibility index (Phi) is 3.47. The highest BCUT2D eigenvalue weighted by Gasteiger charge is 2.16. The summed E-state index contributed by atoms with van der Waals surface area (Å²) in [4.78, 5) is 10.1. The number of benzene rings is 1. The molecular formula is C10H8BrN5O3. The van der Waals surface area contributed by atoms with Crippen LogP contribution in [-0.4, -0.2) is 25.7 Å². The lowest BCUT2D eigenvalue weighted by atomic mass is 10.1. The van der Waals surface area contributed by atoms with Crippen LogP contribution in [0.3, 0.4) is 0 Å². The summed E-state index contributed by atoms with van der Waals surface area (Å²) in [5, 5.41) is 26.2. The second-order valence-corrected chi connectivity index (χ2v) is 4.37. The summed E-state index contributed by atoms with van der Waals surface area (Å²) >= 11 is 3.27. The van der Waals surface area contributed by atoms with E-state index in [1.807, 2.05) is 0 Å². The Balaban J connectivity index is 2.61. The summed E-state index contributed by atoms with van der Waals surface area (Å²) in [5.74, 6) is -0.124. The zero-order chi connectivity index (χ0) is 14.0. The van der Waals surface area contributed by atoms with Crippen LogP contribution < -0.4 is 5.73 Å². The molecule has 0 saturated heterocycles. The van der Waals surface area contributed by atoms with Crippen LogP contribution in [0.15, 0.2) is 40.2 Å². The number of nitro groups is 1. The maximum absolute atomic E-state index is 10.6. The van der Waals surface area contributed by atoms with Crippen molar-refractivity contribution in [2.45, 2.75) is 0 Å². The first-order valence-electron chi connectivity index (χ1n) is 5.00. The second-order valence-electron chi connectivity index (χ2n) is 3.52. The number of nitrogens with two attached hydrogens (primary N) is 1. The number of amidine groups is 1. The molecule has 19 heavy (non-hydrogen) atoms. The van der Waals surface area contributed by atoms with Crippen LogP contribution >= 0.6 is 15.9 Å². The average molecular weight is 326 g/mol. The number of hydrogen-bond acceptors (Lipinski definition) is 5. The Morgan fingerprint density at radius 3 is 2.89 bits per heavy atom. The molecule has 9 heteroatoms. The van der Waals surface area contributed by atoms with E-state index in [9.17, 15) is 10.1 Å². The largest absolute Gasteiger partial charge is 0.409 e. The number of hydrogen-bond donors (Lipinski definition) is 2. The lowest BCUT2D eigenvalue weighted by Gasteiger charge is -2.09. The molecule has 0 unspecified atom stereocenters. The normalized spacial score (nSPS) is 11.5. The van der Waals surface area contributed by atoms with E-state index in [-0.39, 0.29) is 11.5 Å². The molecule has 98 valence electrons. The predicted octanol–water partition coefficient (Wildman–Crippen LogP) is 1.64. The van der Waals surface area contributed by atoms with Gasteiger partial charge >= 0.3 is 5.69 Å². The fourth-order valence-corrected chi connectivity index (χ4v) is 2.11. The third-order valence-corrected chi connectivity index (χ3v) is 3.04. The summed E-state index contributed by atoms with van der Waals surface area (Å²) in [5.41, 5.74) is 6.30. The van der Waals surface area contributed by atoms with E-state index in [0.717, 1.165) is 6.20 Å². The van der Waals surface area contributed by atoms with Crippen molar-refractivity contribution in [2.24, 2.45) is 10.9 Å². The number of nitrogens with zero attached hydrogens (tertiary/aromatic N) is 4. The van der Waals surface area contributed by atoms with E-state index in [1.54, 1.807) is 18.2 Å². The van der Waals surface area contributed by atoms with Gasteiger partial charge in [-0.15, -0.1) is 0 Å². The van der Waals surface area contributed by atoms with Gasteiger partial charge in [0.15, 0.2) is 5.84 Å². The second kappa shape index (κ2) is 5.06. The monoisotopic (exact) mass is 325 g/mol. The highest BCUT2D eigenvalue weighted by atomic mass is 79.9. The van der Waals surface area contributed by atoms with E-state index in [0.29, 0.717) is 15.7 Å². The molecule has 1 heterocycles. The van der Waals surface area contributed by atoms with Gasteiger partial charge in [-0.05, 0) is 28.1 Å². The minimum atomic E-state index is -0.551. The first kappa shape index (κ1) is 13.0. The van der Waals surface area contributed by atoms with E-state index in [2.05, 4.69) is 26.2 Å². The minimum Gasteiger partial charge on any atom is -0.409 e. The number of oxime groups is 1. The van der Waals surface area contributed by atoms with E-state index >= 15 is 0 Å². The highest BCUT2D eigenvalue weighted by molar-refractivity contribution is 9.10. The molecule has 0 atom stereocenters. The quantitative estimate of drug-likeness (QED) is 0.292. The van der Waals surface area contributed by atoms with Gasteiger partial charge in [-0.3, -0.25) is 10.1 Å². The van der Waals surface area contributed by atoms with Crippen LogP contribution in [-0.2, 0) is 0 Å². The van der Waals surface area contributed by atoms with Gasteiger partial charge in [0.2, 0.25) is 0 Å². The van der Waals surface area contributed by atoms with Crippen LogP contribution in [0.2, 0.25) is 0 Å². The average Bonchev–Trinajstić information content (AvgIpc) is 2.87. The van der Waals surface area contributed by atoms with Crippen molar-refractivity contribution in [1.29, 1.82) is 0 Å². The van der Waals surface area contributed by atoms with Crippen LogP contribution in [0, 0.1) is 10.1 Å². The van der Waals surface area contributed by atoms with Gasteiger partial charge in [0, 0.05) is 4.47 Å². The van der Waals surface area contributed by atoms with E-state index in [1.165, 1.54) is 10.9 Å². The van der Waals surface area contributed by atoms with Crippen molar-refractivity contribution >= 4 is 27.5 Å². The fraction of sp³-hybridized carbons (Fsp3) is 0. The lowest BCUT2D eigenvalue weighted by Crippen LogP contribution is -2.17. The smallest absolute Gasteiger partial charge is 0.307 e. The Labute approximate surface area is 115 Å². The summed E-state index contributed by atoms with van der Waals surface area (Å²) in [6.07, 6.45) is 2.37. The number of rotatable bonds is 3. The van der Waals surface area contributed by atoms with Crippen molar-refractivity contribution in [1.82, 2.24) is 9.78 Å². The van der Waals surface area contributed by atoms with Gasteiger partial charge in [0.1, 0.15) is 12.4 Å². The van der Waals surface area contributed by atoms with Crippen LogP contribution in [0.5, 0.6) is 0 Å². The molecule has 0 aliphatic heterocycles. The summed E-state index contributed by atoms with van der Waals surface area (Å²) in [6.45, 7) is 0. The van der Waals surface area contributed by atoms with Crippen LogP contribution in [0.25, 0.3) is 5.69 Å². The maximum atomic E-state index is 10.6.